The van der Waals surface area contributed by atoms with E-state index in [-0.39, 0.29) is 41.2 Å². The summed E-state index contributed by atoms with van der Waals surface area (Å²) in [6.45, 7) is 10.7. The zero-order chi connectivity index (χ0) is 24.3. The number of alkyl halides is 2. The second kappa shape index (κ2) is 10.8. The Labute approximate surface area is 197 Å². The van der Waals surface area contributed by atoms with Crippen LogP contribution in [0.15, 0.2) is 35.4 Å². The van der Waals surface area contributed by atoms with Crippen molar-refractivity contribution in [3.05, 3.63) is 35.4 Å². The van der Waals surface area contributed by atoms with Crippen molar-refractivity contribution < 1.29 is 18.4 Å². The summed E-state index contributed by atoms with van der Waals surface area (Å²) >= 11 is 6.09. The van der Waals surface area contributed by atoms with Crippen LogP contribution in [-0.4, -0.2) is 17.5 Å². The Morgan fingerprint density at radius 1 is 1.25 bits per heavy atom. The Morgan fingerprint density at radius 2 is 1.91 bits per heavy atom. The predicted molar refractivity (Wildman–Crippen MR) is 128 cm³/mol. The molecule has 2 rings (SSSR count). The minimum absolute atomic E-state index is 0.0223. The molecule has 3 unspecified atom stereocenters. The Kier molecular flexibility index (Phi) is 9.06. The maximum atomic E-state index is 13.4. The molecule has 5 atom stereocenters. The van der Waals surface area contributed by atoms with Gasteiger partial charge in [-0.25, -0.2) is 8.78 Å². The van der Waals surface area contributed by atoms with Gasteiger partial charge >= 0.3 is 0 Å². The van der Waals surface area contributed by atoms with E-state index in [0.717, 1.165) is 37.6 Å². The fourth-order valence-electron chi connectivity index (χ4n) is 5.28. The van der Waals surface area contributed by atoms with Crippen molar-refractivity contribution in [2.75, 3.05) is 0 Å². The maximum absolute atomic E-state index is 13.4. The molecule has 0 aromatic carbocycles. The van der Waals surface area contributed by atoms with Gasteiger partial charge in [0, 0.05) is 29.2 Å². The average Bonchev–Trinajstić information content (AvgIpc) is 2.67. The first-order valence-electron chi connectivity index (χ1n) is 11.9. The molecule has 0 aliphatic heterocycles. The quantitative estimate of drug-likeness (QED) is 0.324. The fraction of sp³-hybridized carbons (Fsp3) is 0.704. The lowest BCUT2D eigenvalue weighted by atomic mass is 9.58. The van der Waals surface area contributed by atoms with E-state index in [2.05, 4.69) is 26.0 Å². The minimum Gasteiger partial charge on any atom is -0.299 e. The van der Waals surface area contributed by atoms with Crippen molar-refractivity contribution in [1.29, 1.82) is 0 Å². The number of hydrogen-bond donors (Lipinski definition) is 0. The van der Waals surface area contributed by atoms with Gasteiger partial charge < -0.3 is 0 Å². The predicted octanol–water partition coefficient (Wildman–Crippen LogP) is 7.78. The van der Waals surface area contributed by atoms with Crippen LogP contribution in [0, 0.1) is 40.9 Å². The first-order chi connectivity index (χ1) is 14.7. The number of halogens is 3. The summed E-state index contributed by atoms with van der Waals surface area (Å²) in [6, 6.07) is 0. The van der Waals surface area contributed by atoms with Crippen molar-refractivity contribution in [2.45, 2.75) is 79.6 Å². The van der Waals surface area contributed by atoms with Gasteiger partial charge in [0.15, 0.2) is 5.78 Å². The molecular formula is C27H39ClF2O2. The standard InChI is InChI=1S/C27H39ClF2O2/c1-17(2)23(13-12-22(31)15-18(3)27(6,29)30)25(32)20-9-14-24(26(4,5)16-20)19-7-10-21(28)11-8-19/h7,10-13,17-20,23-24H,8-9,14-16H2,1-6H3/b13-12+/t18?,19?,20?,23-,24-/m1/s1. The highest BCUT2D eigenvalue weighted by Crippen LogP contribution is 2.49. The van der Waals surface area contributed by atoms with Gasteiger partial charge in [-0.3, -0.25) is 9.59 Å². The minimum atomic E-state index is -2.89. The van der Waals surface area contributed by atoms with Crippen LogP contribution in [0.25, 0.3) is 0 Å². The topological polar surface area (TPSA) is 34.1 Å². The first kappa shape index (κ1) is 27.0. The molecule has 180 valence electrons. The summed E-state index contributed by atoms with van der Waals surface area (Å²) in [6.07, 6.45) is 12.7. The molecule has 0 N–H and O–H groups in total. The van der Waals surface area contributed by atoms with Crippen molar-refractivity contribution in [2.24, 2.45) is 40.9 Å². The highest BCUT2D eigenvalue weighted by molar-refractivity contribution is 6.31. The number of Topliss-reactive ketones (excluding diaryl/α,β-unsaturated/α-hetero) is 1. The van der Waals surface area contributed by atoms with E-state index in [0.29, 0.717) is 11.8 Å². The van der Waals surface area contributed by atoms with Crippen molar-refractivity contribution in [1.82, 2.24) is 0 Å². The number of rotatable bonds is 9. The smallest absolute Gasteiger partial charge is 0.248 e. The van der Waals surface area contributed by atoms with Gasteiger partial charge in [0.2, 0.25) is 5.92 Å². The summed E-state index contributed by atoms with van der Waals surface area (Å²) in [5.74, 6) is -3.52. The van der Waals surface area contributed by atoms with Gasteiger partial charge in [0.1, 0.15) is 5.78 Å². The van der Waals surface area contributed by atoms with E-state index in [9.17, 15) is 18.4 Å². The highest BCUT2D eigenvalue weighted by atomic mass is 35.5. The van der Waals surface area contributed by atoms with Gasteiger partial charge in [-0.2, -0.15) is 0 Å². The zero-order valence-corrected chi connectivity index (χ0v) is 21.1. The van der Waals surface area contributed by atoms with E-state index < -0.39 is 11.8 Å². The maximum Gasteiger partial charge on any atom is 0.248 e. The van der Waals surface area contributed by atoms with Crippen LogP contribution in [0.2, 0.25) is 0 Å². The lowest BCUT2D eigenvalue weighted by Crippen LogP contribution is -2.40. The Balaban J connectivity index is 2.04. The summed E-state index contributed by atoms with van der Waals surface area (Å²) in [5.41, 5.74) is 0.0223. The van der Waals surface area contributed by atoms with Gasteiger partial charge in [-0.05, 0) is 67.9 Å². The average molecular weight is 469 g/mol. The van der Waals surface area contributed by atoms with Crippen LogP contribution in [0.3, 0.4) is 0 Å². The third kappa shape index (κ3) is 7.10. The molecule has 0 heterocycles. The number of carbonyl (C=O) groups excluding carboxylic acids is 2. The third-order valence-electron chi connectivity index (χ3n) is 7.52. The fourth-order valence-corrected chi connectivity index (χ4v) is 5.45. The molecule has 0 spiro atoms. The molecule has 0 aromatic rings. The number of ketones is 2. The molecule has 2 nitrogen and oxygen atoms in total. The summed E-state index contributed by atoms with van der Waals surface area (Å²) in [4.78, 5) is 25.6. The Morgan fingerprint density at radius 3 is 2.41 bits per heavy atom. The lowest BCUT2D eigenvalue weighted by molar-refractivity contribution is -0.130. The molecule has 0 radical (unpaired) electrons. The molecule has 2 aliphatic rings. The molecule has 1 fully saturated rings. The summed E-state index contributed by atoms with van der Waals surface area (Å²) in [5, 5.41) is 0.793. The van der Waals surface area contributed by atoms with Crippen LogP contribution < -0.4 is 0 Å². The van der Waals surface area contributed by atoms with Crippen LogP contribution in [0.5, 0.6) is 0 Å². The van der Waals surface area contributed by atoms with E-state index >= 15 is 0 Å². The van der Waals surface area contributed by atoms with E-state index in [1.54, 1.807) is 6.08 Å². The Hall–Kier alpha value is -1.29. The monoisotopic (exact) mass is 468 g/mol. The van der Waals surface area contributed by atoms with Gasteiger partial charge in [0.05, 0.1) is 0 Å². The number of carbonyl (C=O) groups is 2. The van der Waals surface area contributed by atoms with E-state index in [4.69, 9.17) is 11.6 Å². The largest absolute Gasteiger partial charge is 0.299 e. The van der Waals surface area contributed by atoms with Crippen molar-refractivity contribution >= 4 is 23.2 Å². The van der Waals surface area contributed by atoms with Crippen LogP contribution >= 0.6 is 11.6 Å². The van der Waals surface area contributed by atoms with Crippen LogP contribution in [0.1, 0.15) is 73.6 Å². The molecule has 0 bridgehead atoms. The second-order valence-electron chi connectivity index (χ2n) is 11.0. The summed E-state index contributed by atoms with van der Waals surface area (Å²) < 4.78 is 26.8. The molecule has 0 saturated heterocycles. The zero-order valence-electron chi connectivity index (χ0n) is 20.3. The number of hydrogen-bond acceptors (Lipinski definition) is 2. The van der Waals surface area contributed by atoms with Gasteiger partial charge in [0.25, 0.3) is 0 Å². The van der Waals surface area contributed by atoms with Crippen molar-refractivity contribution in [3.63, 3.8) is 0 Å². The molecule has 32 heavy (non-hydrogen) atoms. The highest BCUT2D eigenvalue weighted by Gasteiger charge is 2.43. The SMILES string of the molecule is CC(C)[C@@H](/C=C/C(=O)CC(C)C(C)(F)F)C(=O)C1CC[C@H](C2C=CC(Cl)=CC2)C(C)(C)C1. The first-order valence-corrected chi connectivity index (χ1v) is 12.3. The number of allylic oxidation sites excluding steroid dienone is 6. The normalized spacial score (nSPS) is 27.9. The molecule has 1 saturated carbocycles. The van der Waals surface area contributed by atoms with Crippen LogP contribution in [-0.2, 0) is 9.59 Å². The van der Waals surface area contributed by atoms with E-state index in [1.165, 1.54) is 13.0 Å². The Bertz CT molecular complexity index is 773. The third-order valence-corrected chi connectivity index (χ3v) is 7.80. The molecule has 0 amide bonds. The molecule has 5 heteroatoms. The summed E-state index contributed by atoms with van der Waals surface area (Å²) in [7, 11) is 0. The van der Waals surface area contributed by atoms with Crippen LogP contribution in [0.4, 0.5) is 8.78 Å². The van der Waals surface area contributed by atoms with Crippen molar-refractivity contribution in [3.8, 4) is 0 Å². The lowest BCUT2D eigenvalue weighted by Gasteiger charge is -2.46. The molecule has 0 aromatic heterocycles. The van der Waals surface area contributed by atoms with E-state index in [1.807, 2.05) is 19.9 Å². The second-order valence-corrected chi connectivity index (χ2v) is 11.4. The van der Waals surface area contributed by atoms with Gasteiger partial charge in [-0.15, -0.1) is 0 Å². The molecular weight excluding hydrogens is 430 g/mol. The van der Waals surface area contributed by atoms with Gasteiger partial charge in [-0.1, -0.05) is 64.4 Å². The molecule has 2 aliphatic carbocycles.